The van der Waals surface area contributed by atoms with E-state index in [9.17, 15) is 0 Å². The molecule has 1 aromatic carbocycles. The van der Waals surface area contributed by atoms with Crippen molar-refractivity contribution >= 4 is 5.84 Å². The van der Waals surface area contributed by atoms with E-state index in [1.54, 1.807) is 6.20 Å². The minimum Gasteiger partial charge on any atom is -0.409 e. The molecule has 0 radical (unpaired) electrons. The van der Waals surface area contributed by atoms with Crippen LogP contribution in [0.3, 0.4) is 0 Å². The van der Waals surface area contributed by atoms with Gasteiger partial charge in [-0.15, -0.1) is 0 Å². The van der Waals surface area contributed by atoms with Gasteiger partial charge in [0.2, 0.25) is 0 Å². The molecule has 0 aliphatic rings. The highest BCUT2D eigenvalue weighted by molar-refractivity contribution is 5.80. The van der Waals surface area contributed by atoms with Gasteiger partial charge in [0.15, 0.2) is 0 Å². The van der Waals surface area contributed by atoms with Crippen LogP contribution in [0.4, 0.5) is 0 Å². The Morgan fingerprint density at radius 1 is 1.33 bits per heavy atom. The van der Waals surface area contributed by atoms with E-state index in [1.807, 2.05) is 42.6 Å². The summed E-state index contributed by atoms with van der Waals surface area (Å²) >= 11 is 0. The first-order valence-electron chi connectivity index (χ1n) is 6.85. The fourth-order valence-corrected chi connectivity index (χ4v) is 2.16. The summed E-state index contributed by atoms with van der Waals surface area (Å²) in [4.78, 5) is 4.14. The molecule has 21 heavy (non-hydrogen) atoms. The number of pyridine rings is 1. The Bertz CT molecular complexity index is 598. The summed E-state index contributed by atoms with van der Waals surface area (Å²) in [6, 6.07) is 11.9. The molecule has 0 aliphatic carbocycles. The quantitative estimate of drug-likeness (QED) is 0.329. The van der Waals surface area contributed by atoms with Crippen molar-refractivity contribution in [2.45, 2.75) is 25.9 Å². The van der Waals surface area contributed by atoms with Crippen molar-refractivity contribution in [1.29, 1.82) is 0 Å². The molecular weight excluding hydrogens is 264 g/mol. The van der Waals surface area contributed by atoms with Gasteiger partial charge in [0.1, 0.15) is 5.84 Å². The molecule has 1 unspecified atom stereocenters. The standard InChI is InChI=1S/C16H20N4O/c1-12-7-8-18-10-14(12)11-19-15(9-16(17)20-21)13-5-3-2-4-6-13/h2-8,10,15,19,21H,9,11H2,1H3,(H2,17,20). The smallest absolute Gasteiger partial charge is 0.141 e. The first-order chi connectivity index (χ1) is 10.2. The van der Waals surface area contributed by atoms with Crippen molar-refractivity contribution in [2.75, 3.05) is 0 Å². The second kappa shape index (κ2) is 7.40. The van der Waals surface area contributed by atoms with E-state index in [0.717, 1.165) is 11.1 Å². The maximum atomic E-state index is 8.79. The number of nitrogens with zero attached hydrogens (tertiary/aromatic N) is 2. The van der Waals surface area contributed by atoms with Crippen LogP contribution in [0.15, 0.2) is 53.9 Å². The molecule has 1 atom stereocenters. The number of benzene rings is 1. The van der Waals surface area contributed by atoms with Crippen LogP contribution in [0, 0.1) is 6.92 Å². The Labute approximate surface area is 124 Å². The molecular formula is C16H20N4O. The van der Waals surface area contributed by atoms with E-state index in [-0.39, 0.29) is 11.9 Å². The number of nitrogens with one attached hydrogen (secondary N) is 1. The Kier molecular flexibility index (Phi) is 5.29. The first kappa shape index (κ1) is 15.0. The van der Waals surface area contributed by atoms with Crippen LogP contribution in [0.5, 0.6) is 0 Å². The highest BCUT2D eigenvalue weighted by Gasteiger charge is 2.13. The normalized spacial score (nSPS) is 13.1. The van der Waals surface area contributed by atoms with Crippen LogP contribution >= 0.6 is 0 Å². The third-order valence-corrected chi connectivity index (χ3v) is 3.43. The van der Waals surface area contributed by atoms with Gasteiger partial charge in [-0.1, -0.05) is 35.5 Å². The molecule has 2 rings (SSSR count). The number of aromatic nitrogens is 1. The zero-order valence-electron chi connectivity index (χ0n) is 12.0. The summed E-state index contributed by atoms with van der Waals surface area (Å²) in [5.41, 5.74) is 9.09. The van der Waals surface area contributed by atoms with Crippen LogP contribution in [-0.4, -0.2) is 16.0 Å². The lowest BCUT2D eigenvalue weighted by Crippen LogP contribution is -2.27. The van der Waals surface area contributed by atoms with Crippen LogP contribution in [-0.2, 0) is 6.54 Å². The van der Waals surface area contributed by atoms with Crippen LogP contribution in [0.25, 0.3) is 0 Å². The lowest BCUT2D eigenvalue weighted by Gasteiger charge is -2.19. The minimum atomic E-state index is -0.0123. The molecule has 0 saturated heterocycles. The number of amidine groups is 1. The van der Waals surface area contributed by atoms with Crippen LogP contribution in [0.2, 0.25) is 0 Å². The van der Waals surface area contributed by atoms with Gasteiger partial charge in [0.25, 0.3) is 0 Å². The van der Waals surface area contributed by atoms with E-state index >= 15 is 0 Å². The topological polar surface area (TPSA) is 83.5 Å². The fourth-order valence-electron chi connectivity index (χ4n) is 2.16. The molecule has 1 heterocycles. The zero-order valence-corrected chi connectivity index (χ0v) is 12.0. The minimum absolute atomic E-state index is 0.0123. The molecule has 2 aromatic rings. The molecule has 0 bridgehead atoms. The number of rotatable bonds is 6. The van der Waals surface area contributed by atoms with Gasteiger partial charge in [-0.2, -0.15) is 0 Å². The highest BCUT2D eigenvalue weighted by atomic mass is 16.4. The predicted octanol–water partition coefficient (Wildman–Crippen LogP) is 2.36. The Hall–Kier alpha value is -2.40. The van der Waals surface area contributed by atoms with Gasteiger partial charge < -0.3 is 16.3 Å². The largest absolute Gasteiger partial charge is 0.409 e. The number of hydrogen-bond acceptors (Lipinski definition) is 4. The summed E-state index contributed by atoms with van der Waals surface area (Å²) in [6.45, 7) is 2.73. The van der Waals surface area contributed by atoms with E-state index in [4.69, 9.17) is 10.9 Å². The highest BCUT2D eigenvalue weighted by Crippen LogP contribution is 2.17. The lowest BCUT2D eigenvalue weighted by atomic mass is 10.0. The van der Waals surface area contributed by atoms with E-state index < -0.39 is 0 Å². The average Bonchev–Trinajstić information content (AvgIpc) is 2.53. The summed E-state index contributed by atoms with van der Waals surface area (Å²) < 4.78 is 0. The average molecular weight is 284 g/mol. The Morgan fingerprint density at radius 2 is 2.10 bits per heavy atom. The monoisotopic (exact) mass is 284 g/mol. The Morgan fingerprint density at radius 3 is 2.76 bits per heavy atom. The maximum absolute atomic E-state index is 8.79. The van der Waals surface area contributed by atoms with Gasteiger partial charge >= 0.3 is 0 Å². The molecule has 0 fully saturated rings. The first-order valence-corrected chi connectivity index (χ1v) is 6.85. The van der Waals surface area contributed by atoms with Gasteiger partial charge in [-0.25, -0.2) is 0 Å². The van der Waals surface area contributed by atoms with E-state index in [2.05, 4.69) is 22.4 Å². The van der Waals surface area contributed by atoms with Gasteiger partial charge in [0, 0.05) is 31.4 Å². The summed E-state index contributed by atoms with van der Waals surface area (Å²) in [7, 11) is 0. The third kappa shape index (κ3) is 4.29. The number of hydrogen-bond donors (Lipinski definition) is 3. The second-order valence-electron chi connectivity index (χ2n) is 4.94. The van der Waals surface area contributed by atoms with E-state index in [1.165, 1.54) is 5.56 Å². The molecule has 0 aliphatic heterocycles. The van der Waals surface area contributed by atoms with Gasteiger partial charge in [0.05, 0.1) is 0 Å². The SMILES string of the molecule is Cc1ccncc1CNC(C/C(N)=N/O)c1ccccc1. The van der Waals surface area contributed by atoms with Crippen molar-refractivity contribution in [3.8, 4) is 0 Å². The predicted molar refractivity (Wildman–Crippen MR) is 83.0 cm³/mol. The van der Waals surface area contributed by atoms with Gasteiger partial charge in [-0.05, 0) is 29.7 Å². The Balaban J connectivity index is 2.11. The zero-order chi connectivity index (χ0) is 15.1. The number of nitrogens with two attached hydrogens (primary N) is 1. The van der Waals surface area contributed by atoms with Gasteiger partial charge in [-0.3, -0.25) is 4.98 Å². The lowest BCUT2D eigenvalue weighted by molar-refractivity contribution is 0.315. The molecule has 0 saturated carbocycles. The molecule has 0 amide bonds. The molecule has 110 valence electrons. The third-order valence-electron chi connectivity index (χ3n) is 3.43. The van der Waals surface area contributed by atoms with Crippen molar-refractivity contribution in [3.05, 3.63) is 65.5 Å². The summed E-state index contributed by atoms with van der Waals surface area (Å²) in [5.74, 6) is 0.208. The second-order valence-corrected chi connectivity index (χ2v) is 4.94. The summed E-state index contributed by atoms with van der Waals surface area (Å²) in [6.07, 6.45) is 4.08. The summed E-state index contributed by atoms with van der Waals surface area (Å²) in [5, 5.41) is 15.3. The molecule has 0 spiro atoms. The van der Waals surface area contributed by atoms with Crippen LogP contribution < -0.4 is 11.1 Å². The molecule has 1 aromatic heterocycles. The maximum Gasteiger partial charge on any atom is 0.141 e. The number of oxime groups is 1. The van der Waals surface area contributed by atoms with Crippen molar-refractivity contribution in [2.24, 2.45) is 10.9 Å². The number of aryl methyl sites for hydroxylation is 1. The van der Waals surface area contributed by atoms with Crippen molar-refractivity contribution < 1.29 is 5.21 Å². The molecule has 4 N–H and O–H groups in total. The van der Waals surface area contributed by atoms with Crippen LogP contribution in [0.1, 0.15) is 29.2 Å². The fraction of sp³-hybridized carbons (Fsp3) is 0.250. The van der Waals surface area contributed by atoms with E-state index in [0.29, 0.717) is 13.0 Å². The van der Waals surface area contributed by atoms with Crippen molar-refractivity contribution in [3.63, 3.8) is 0 Å². The van der Waals surface area contributed by atoms with Crippen molar-refractivity contribution in [1.82, 2.24) is 10.3 Å². The molecule has 5 nitrogen and oxygen atoms in total. The molecule has 5 heteroatoms.